The Labute approximate surface area is 142 Å². The predicted octanol–water partition coefficient (Wildman–Crippen LogP) is 2.36. The summed E-state index contributed by atoms with van der Waals surface area (Å²) in [6, 6.07) is 5.37. The van der Waals surface area contributed by atoms with Gasteiger partial charge in [0.2, 0.25) is 0 Å². The molecule has 0 fully saturated rings. The maximum absolute atomic E-state index is 12.4. The van der Waals surface area contributed by atoms with Crippen LogP contribution in [-0.2, 0) is 6.42 Å². The Morgan fingerprint density at radius 3 is 2.72 bits per heavy atom. The fourth-order valence-electron chi connectivity index (χ4n) is 2.79. The molecule has 1 amide bonds. The van der Waals surface area contributed by atoms with Gasteiger partial charge < -0.3 is 10.3 Å². The highest BCUT2D eigenvalue weighted by Crippen LogP contribution is 2.23. The number of nitro groups is 1. The van der Waals surface area contributed by atoms with Gasteiger partial charge in [-0.2, -0.15) is 0 Å². The molecule has 128 valence electrons. The first kappa shape index (κ1) is 16.6. The number of anilines is 1. The second-order valence-electron chi connectivity index (χ2n) is 5.89. The van der Waals surface area contributed by atoms with E-state index >= 15 is 0 Å². The maximum atomic E-state index is 12.4. The third-order valence-corrected chi connectivity index (χ3v) is 4.18. The van der Waals surface area contributed by atoms with Gasteiger partial charge in [0.1, 0.15) is 5.56 Å². The van der Waals surface area contributed by atoms with Crippen molar-refractivity contribution in [1.82, 2.24) is 4.98 Å². The summed E-state index contributed by atoms with van der Waals surface area (Å²) in [6.45, 7) is 1.68. The van der Waals surface area contributed by atoms with Crippen LogP contribution in [0.15, 0.2) is 29.1 Å². The van der Waals surface area contributed by atoms with E-state index in [0.717, 1.165) is 0 Å². The zero-order valence-corrected chi connectivity index (χ0v) is 13.4. The summed E-state index contributed by atoms with van der Waals surface area (Å²) in [6.07, 6.45) is 1.63. The molecule has 2 N–H and O–H groups in total. The number of fused-ring (bicyclic) bond motifs is 1. The number of aromatic nitrogens is 1. The van der Waals surface area contributed by atoms with Crippen molar-refractivity contribution in [1.29, 1.82) is 0 Å². The number of benzene rings is 1. The van der Waals surface area contributed by atoms with Gasteiger partial charge in [-0.25, -0.2) is 0 Å². The van der Waals surface area contributed by atoms with Crippen LogP contribution in [0.3, 0.4) is 0 Å². The molecule has 0 aliphatic heterocycles. The number of hydrogen-bond acceptors (Lipinski definition) is 5. The number of H-pyrrole nitrogens is 1. The lowest BCUT2D eigenvalue weighted by Gasteiger charge is -2.15. The number of ketones is 1. The minimum absolute atomic E-state index is 0.113. The molecule has 3 rings (SSSR count). The Morgan fingerprint density at radius 2 is 2.00 bits per heavy atom. The van der Waals surface area contributed by atoms with Crippen LogP contribution in [0.25, 0.3) is 0 Å². The standard InChI is InChI=1S/C17H15N3O5/c1-9-5-6-10(20(24)25)7-14(9)19-17(23)12-8-11-13(18-16(12)22)3-2-4-15(11)21/h5-8H,2-4H2,1H3,(H,18,22)(H,19,23). The predicted molar refractivity (Wildman–Crippen MR) is 90.1 cm³/mol. The molecule has 0 atom stereocenters. The lowest BCUT2D eigenvalue weighted by atomic mass is 9.93. The second kappa shape index (κ2) is 6.31. The van der Waals surface area contributed by atoms with E-state index in [1.165, 1.54) is 24.3 Å². The molecular formula is C17H15N3O5. The van der Waals surface area contributed by atoms with Crippen molar-refractivity contribution in [2.45, 2.75) is 26.2 Å². The molecule has 0 saturated carbocycles. The Kier molecular flexibility index (Phi) is 4.18. The smallest absolute Gasteiger partial charge is 0.271 e. The summed E-state index contributed by atoms with van der Waals surface area (Å²) in [7, 11) is 0. The number of non-ortho nitro benzene ring substituents is 1. The number of aromatic amines is 1. The fraction of sp³-hybridized carbons (Fsp3) is 0.235. The van der Waals surface area contributed by atoms with Gasteiger partial charge >= 0.3 is 0 Å². The van der Waals surface area contributed by atoms with Crippen molar-refractivity contribution >= 4 is 23.1 Å². The van der Waals surface area contributed by atoms with Gasteiger partial charge in [0.25, 0.3) is 17.2 Å². The van der Waals surface area contributed by atoms with Crippen molar-refractivity contribution in [3.8, 4) is 0 Å². The molecule has 25 heavy (non-hydrogen) atoms. The van der Waals surface area contributed by atoms with E-state index < -0.39 is 16.4 Å². The van der Waals surface area contributed by atoms with Crippen LogP contribution in [0, 0.1) is 17.0 Å². The van der Waals surface area contributed by atoms with Crippen molar-refractivity contribution in [3.63, 3.8) is 0 Å². The lowest BCUT2D eigenvalue weighted by molar-refractivity contribution is -0.384. The summed E-state index contributed by atoms with van der Waals surface area (Å²) in [4.78, 5) is 49.5. The summed E-state index contributed by atoms with van der Waals surface area (Å²) in [5, 5.41) is 13.4. The number of nitro benzene ring substituents is 1. The third kappa shape index (κ3) is 3.18. The number of carbonyl (C=O) groups is 2. The van der Waals surface area contributed by atoms with Crippen LogP contribution in [0.2, 0.25) is 0 Å². The van der Waals surface area contributed by atoms with E-state index in [4.69, 9.17) is 0 Å². The number of aryl methyl sites for hydroxylation is 2. The molecule has 0 radical (unpaired) electrons. The number of rotatable bonds is 3. The number of hydrogen-bond donors (Lipinski definition) is 2. The highest BCUT2D eigenvalue weighted by Gasteiger charge is 2.22. The van der Waals surface area contributed by atoms with Crippen LogP contribution in [0.5, 0.6) is 0 Å². The molecule has 0 unspecified atom stereocenters. The van der Waals surface area contributed by atoms with Gasteiger partial charge in [-0.3, -0.25) is 24.5 Å². The van der Waals surface area contributed by atoms with Gasteiger partial charge in [0.15, 0.2) is 5.78 Å². The average molecular weight is 341 g/mol. The van der Waals surface area contributed by atoms with Crippen molar-refractivity contribution in [3.05, 3.63) is 67.1 Å². The molecular weight excluding hydrogens is 326 g/mol. The average Bonchev–Trinajstić information content (AvgIpc) is 2.56. The topological polar surface area (TPSA) is 122 Å². The minimum atomic E-state index is -0.717. The van der Waals surface area contributed by atoms with Crippen LogP contribution in [0.1, 0.15) is 44.8 Å². The normalized spacial score (nSPS) is 13.2. The van der Waals surface area contributed by atoms with Gasteiger partial charge in [0, 0.05) is 29.8 Å². The molecule has 0 spiro atoms. The minimum Gasteiger partial charge on any atom is -0.325 e. The quantitative estimate of drug-likeness (QED) is 0.655. The Bertz CT molecular complexity index is 961. The largest absolute Gasteiger partial charge is 0.325 e. The highest BCUT2D eigenvalue weighted by molar-refractivity contribution is 6.07. The number of nitrogens with one attached hydrogen (secondary N) is 2. The monoisotopic (exact) mass is 341 g/mol. The van der Waals surface area contributed by atoms with Gasteiger partial charge in [-0.05, 0) is 31.4 Å². The zero-order chi connectivity index (χ0) is 18.1. The molecule has 8 heteroatoms. The first-order valence-electron chi connectivity index (χ1n) is 7.72. The Hall–Kier alpha value is -3.29. The first-order chi connectivity index (χ1) is 11.9. The number of amides is 1. The van der Waals surface area contributed by atoms with E-state index in [-0.39, 0.29) is 22.7 Å². The third-order valence-electron chi connectivity index (χ3n) is 4.18. The maximum Gasteiger partial charge on any atom is 0.271 e. The second-order valence-corrected chi connectivity index (χ2v) is 5.89. The number of Topliss-reactive ketones (excluding diaryl/α,β-unsaturated/α-hetero) is 1. The Balaban J connectivity index is 1.96. The van der Waals surface area contributed by atoms with Crippen LogP contribution < -0.4 is 10.9 Å². The van der Waals surface area contributed by atoms with Crippen LogP contribution in [-0.4, -0.2) is 21.6 Å². The summed E-state index contributed by atoms with van der Waals surface area (Å²) < 4.78 is 0. The SMILES string of the molecule is Cc1ccc([N+](=O)[O-])cc1NC(=O)c1cc2c([nH]c1=O)CCCC2=O. The van der Waals surface area contributed by atoms with E-state index in [0.29, 0.717) is 36.1 Å². The zero-order valence-electron chi connectivity index (χ0n) is 13.4. The molecule has 1 aromatic heterocycles. The molecule has 0 bridgehead atoms. The molecule has 1 heterocycles. The number of nitrogens with zero attached hydrogens (tertiary/aromatic N) is 1. The van der Waals surface area contributed by atoms with Gasteiger partial charge in [-0.15, -0.1) is 0 Å². The van der Waals surface area contributed by atoms with Gasteiger partial charge in [-0.1, -0.05) is 6.07 Å². The Morgan fingerprint density at radius 1 is 1.24 bits per heavy atom. The van der Waals surface area contributed by atoms with Crippen LogP contribution in [0.4, 0.5) is 11.4 Å². The van der Waals surface area contributed by atoms with E-state index in [9.17, 15) is 24.5 Å². The van der Waals surface area contributed by atoms with Crippen molar-refractivity contribution < 1.29 is 14.5 Å². The fourth-order valence-corrected chi connectivity index (χ4v) is 2.79. The molecule has 1 aliphatic carbocycles. The molecule has 2 aromatic rings. The van der Waals surface area contributed by atoms with E-state index in [1.807, 2.05) is 0 Å². The molecule has 1 aliphatic rings. The van der Waals surface area contributed by atoms with E-state index in [1.54, 1.807) is 6.92 Å². The summed E-state index contributed by atoms with van der Waals surface area (Å²) >= 11 is 0. The first-order valence-corrected chi connectivity index (χ1v) is 7.72. The van der Waals surface area contributed by atoms with Crippen molar-refractivity contribution in [2.24, 2.45) is 0 Å². The van der Waals surface area contributed by atoms with E-state index in [2.05, 4.69) is 10.3 Å². The van der Waals surface area contributed by atoms with Crippen molar-refractivity contribution in [2.75, 3.05) is 5.32 Å². The number of pyridine rings is 1. The van der Waals surface area contributed by atoms with Crippen LogP contribution >= 0.6 is 0 Å². The summed E-state index contributed by atoms with van der Waals surface area (Å²) in [5.41, 5.74) is 0.799. The molecule has 1 aromatic carbocycles. The summed E-state index contributed by atoms with van der Waals surface area (Å²) in [5.74, 6) is -0.830. The molecule has 0 saturated heterocycles. The lowest BCUT2D eigenvalue weighted by Crippen LogP contribution is -2.27. The number of carbonyl (C=O) groups excluding carboxylic acids is 2. The molecule has 8 nitrogen and oxygen atoms in total. The highest BCUT2D eigenvalue weighted by atomic mass is 16.6. The van der Waals surface area contributed by atoms with Gasteiger partial charge in [0.05, 0.1) is 10.6 Å².